The quantitative estimate of drug-likeness (QED) is 0.616. The van der Waals surface area contributed by atoms with Crippen molar-refractivity contribution in [2.24, 2.45) is 0 Å². The number of amides is 1. The number of carbonyl (C=O) groups is 2. The Morgan fingerprint density at radius 2 is 1.80 bits per heavy atom. The van der Waals surface area contributed by atoms with Gasteiger partial charge < -0.3 is 20.1 Å². The number of nitrogens with zero attached hydrogens (tertiary/aromatic N) is 4. The number of benzene rings is 1. The third kappa shape index (κ3) is 5.84. The number of hydrogen-bond acceptors (Lipinski definition) is 8. The summed E-state index contributed by atoms with van der Waals surface area (Å²) < 4.78 is 39.8. The number of likely N-dealkylation sites (tertiary alicyclic amines) is 2. The molecule has 4 rings (SSSR count). The van der Waals surface area contributed by atoms with Gasteiger partial charge in [0.05, 0.1) is 7.11 Å². The van der Waals surface area contributed by atoms with E-state index in [1.54, 1.807) is 17.3 Å². The van der Waals surface area contributed by atoms with E-state index < -0.39 is 23.4 Å². The molecule has 3 heterocycles. The van der Waals surface area contributed by atoms with Crippen LogP contribution in [0.15, 0.2) is 30.6 Å². The van der Waals surface area contributed by atoms with E-state index in [4.69, 9.17) is 15.2 Å². The van der Waals surface area contributed by atoms with E-state index in [1.807, 2.05) is 0 Å². The van der Waals surface area contributed by atoms with Crippen LogP contribution in [0.2, 0.25) is 0 Å². The second-order valence-corrected chi connectivity index (χ2v) is 8.93. The first-order chi connectivity index (χ1) is 16.8. The zero-order chi connectivity index (χ0) is 25.0. The number of nitrogen functional groups attached to an aromatic ring is 1. The zero-order valence-corrected chi connectivity index (χ0v) is 19.6. The molecule has 1 amide bonds. The van der Waals surface area contributed by atoms with Gasteiger partial charge in [-0.1, -0.05) is 0 Å². The van der Waals surface area contributed by atoms with E-state index in [-0.39, 0.29) is 36.2 Å². The fraction of sp³-hybridized carbons (Fsp3) is 0.500. The van der Waals surface area contributed by atoms with Gasteiger partial charge in [0.2, 0.25) is 5.95 Å². The third-order valence-electron chi connectivity index (χ3n) is 6.53. The number of carbonyl (C=O) groups excluding carboxylic acids is 2. The number of rotatable bonds is 6. The van der Waals surface area contributed by atoms with Crippen LogP contribution in [0.1, 0.15) is 41.6 Å². The van der Waals surface area contributed by atoms with Crippen LogP contribution in [0, 0.1) is 5.82 Å². The molecule has 0 spiro atoms. The summed E-state index contributed by atoms with van der Waals surface area (Å²) in [6, 6.07) is 3.67. The van der Waals surface area contributed by atoms with Crippen molar-refractivity contribution < 1.29 is 27.8 Å². The molecule has 2 aliphatic heterocycles. The predicted octanol–water partition coefficient (Wildman–Crippen LogP) is 2.36. The van der Waals surface area contributed by atoms with Gasteiger partial charge in [0.25, 0.3) is 5.91 Å². The first-order valence-electron chi connectivity index (χ1n) is 11.6. The lowest BCUT2D eigenvalue weighted by atomic mass is 9.90. The molecule has 0 radical (unpaired) electrons. The number of aromatic nitrogens is 2. The lowest BCUT2D eigenvalue weighted by Gasteiger charge is -2.40. The Morgan fingerprint density at radius 1 is 1.14 bits per heavy atom. The summed E-state index contributed by atoms with van der Waals surface area (Å²) in [5.74, 6) is -1.31. The summed E-state index contributed by atoms with van der Waals surface area (Å²) in [5, 5.41) is 0. The van der Waals surface area contributed by atoms with Crippen molar-refractivity contribution in [3.8, 4) is 5.75 Å². The van der Waals surface area contributed by atoms with E-state index >= 15 is 4.39 Å². The maximum absolute atomic E-state index is 15.6. The highest BCUT2D eigenvalue weighted by Crippen LogP contribution is 2.31. The van der Waals surface area contributed by atoms with Crippen molar-refractivity contribution in [2.45, 2.75) is 44.0 Å². The van der Waals surface area contributed by atoms with Crippen molar-refractivity contribution in [1.29, 1.82) is 0 Å². The Morgan fingerprint density at radius 3 is 2.43 bits per heavy atom. The first kappa shape index (κ1) is 24.8. The SMILES string of the molecule is COC(=O)c1cc(F)ccc1OC1CCN(C(=O)C2(F)CCN(Cc3cnc(N)nc3)CC2)CC1. The smallest absolute Gasteiger partial charge is 0.341 e. The molecule has 0 unspecified atom stereocenters. The summed E-state index contributed by atoms with van der Waals surface area (Å²) in [6.07, 6.45) is 4.21. The Bertz CT molecular complexity index is 1050. The molecule has 11 heteroatoms. The highest BCUT2D eigenvalue weighted by atomic mass is 19.1. The zero-order valence-electron chi connectivity index (χ0n) is 19.6. The number of piperidine rings is 2. The lowest BCUT2D eigenvalue weighted by molar-refractivity contribution is -0.149. The molecule has 2 N–H and O–H groups in total. The van der Waals surface area contributed by atoms with Crippen molar-refractivity contribution in [3.63, 3.8) is 0 Å². The highest BCUT2D eigenvalue weighted by Gasteiger charge is 2.44. The lowest BCUT2D eigenvalue weighted by Crippen LogP contribution is -2.54. The summed E-state index contributed by atoms with van der Waals surface area (Å²) in [6.45, 7) is 2.16. The van der Waals surface area contributed by atoms with Crippen LogP contribution in [0.25, 0.3) is 0 Å². The molecule has 1 aromatic carbocycles. The number of esters is 1. The third-order valence-corrected chi connectivity index (χ3v) is 6.53. The van der Waals surface area contributed by atoms with Gasteiger partial charge in [-0.3, -0.25) is 9.69 Å². The summed E-state index contributed by atoms with van der Waals surface area (Å²) >= 11 is 0. The van der Waals surface area contributed by atoms with E-state index in [0.29, 0.717) is 45.6 Å². The van der Waals surface area contributed by atoms with Crippen LogP contribution < -0.4 is 10.5 Å². The fourth-order valence-electron chi connectivity index (χ4n) is 4.50. The van der Waals surface area contributed by atoms with Crippen molar-refractivity contribution in [1.82, 2.24) is 19.8 Å². The van der Waals surface area contributed by atoms with Gasteiger partial charge in [0.15, 0.2) is 5.67 Å². The molecule has 188 valence electrons. The molecule has 35 heavy (non-hydrogen) atoms. The standard InChI is InChI=1S/C24H29F2N5O4/c1-34-21(32)19-12-17(25)2-3-20(19)35-18-4-8-31(9-5-18)22(33)24(26)6-10-30(11-7-24)15-16-13-28-23(27)29-14-16/h2-3,12-14,18H,4-11,15H2,1H3,(H2,27,28,29). The largest absolute Gasteiger partial charge is 0.489 e. The van der Waals surface area contributed by atoms with Gasteiger partial charge in [-0.15, -0.1) is 0 Å². The molecular weight excluding hydrogens is 460 g/mol. The normalized spacial score (nSPS) is 18.8. The van der Waals surface area contributed by atoms with Crippen LogP contribution >= 0.6 is 0 Å². The van der Waals surface area contributed by atoms with Crippen LogP contribution in [-0.2, 0) is 16.1 Å². The first-order valence-corrected chi connectivity index (χ1v) is 11.6. The molecular formula is C24H29F2N5O4. The second kappa shape index (κ2) is 10.5. The molecule has 0 saturated carbocycles. The Labute approximate surface area is 202 Å². The predicted molar refractivity (Wildman–Crippen MR) is 123 cm³/mol. The molecule has 2 fully saturated rings. The highest BCUT2D eigenvalue weighted by molar-refractivity contribution is 5.92. The average Bonchev–Trinajstić information content (AvgIpc) is 2.87. The molecule has 0 atom stereocenters. The number of anilines is 1. The molecule has 9 nitrogen and oxygen atoms in total. The van der Waals surface area contributed by atoms with Gasteiger partial charge in [-0.05, 0) is 18.2 Å². The van der Waals surface area contributed by atoms with E-state index in [2.05, 4.69) is 14.9 Å². The molecule has 1 aromatic heterocycles. The van der Waals surface area contributed by atoms with E-state index in [1.165, 1.54) is 19.2 Å². The summed E-state index contributed by atoms with van der Waals surface area (Å²) in [7, 11) is 1.21. The topological polar surface area (TPSA) is 111 Å². The number of methoxy groups -OCH3 is 1. The Kier molecular flexibility index (Phi) is 7.44. The van der Waals surface area contributed by atoms with Crippen molar-refractivity contribution in [3.05, 3.63) is 47.5 Å². The molecule has 2 aromatic rings. The van der Waals surface area contributed by atoms with Crippen LogP contribution in [-0.4, -0.2) is 76.7 Å². The Hall–Kier alpha value is -3.34. The van der Waals surface area contributed by atoms with Gasteiger partial charge in [0.1, 0.15) is 23.2 Å². The summed E-state index contributed by atoms with van der Waals surface area (Å²) in [5.41, 5.74) is 4.51. The maximum Gasteiger partial charge on any atom is 0.341 e. The number of halogens is 2. The van der Waals surface area contributed by atoms with Crippen LogP contribution in [0.4, 0.5) is 14.7 Å². The van der Waals surface area contributed by atoms with Crippen molar-refractivity contribution in [2.75, 3.05) is 39.0 Å². The van der Waals surface area contributed by atoms with Crippen LogP contribution in [0.3, 0.4) is 0 Å². The molecule has 0 aliphatic carbocycles. The monoisotopic (exact) mass is 489 g/mol. The minimum absolute atomic E-state index is 0.00556. The van der Waals surface area contributed by atoms with Gasteiger partial charge in [0, 0.05) is 76.4 Å². The van der Waals surface area contributed by atoms with Gasteiger partial charge >= 0.3 is 5.97 Å². The van der Waals surface area contributed by atoms with Crippen molar-refractivity contribution >= 4 is 17.8 Å². The van der Waals surface area contributed by atoms with Gasteiger partial charge in [-0.25, -0.2) is 23.5 Å². The molecule has 2 aliphatic rings. The number of hydrogen-bond donors (Lipinski definition) is 1. The number of ether oxygens (including phenoxy) is 2. The molecule has 0 bridgehead atoms. The van der Waals surface area contributed by atoms with Gasteiger partial charge in [-0.2, -0.15) is 0 Å². The van der Waals surface area contributed by atoms with Crippen LogP contribution in [0.5, 0.6) is 5.75 Å². The minimum Gasteiger partial charge on any atom is -0.489 e. The molecule has 2 saturated heterocycles. The average molecular weight is 490 g/mol. The van der Waals surface area contributed by atoms with E-state index in [9.17, 15) is 14.0 Å². The minimum atomic E-state index is -1.89. The maximum atomic E-state index is 15.6. The number of nitrogens with two attached hydrogens (primary N) is 1. The van der Waals surface area contributed by atoms with E-state index in [0.717, 1.165) is 11.6 Å². The fourth-order valence-corrected chi connectivity index (χ4v) is 4.50. The number of alkyl halides is 1. The summed E-state index contributed by atoms with van der Waals surface area (Å²) in [4.78, 5) is 36.5. The Balaban J connectivity index is 1.28. The second-order valence-electron chi connectivity index (χ2n) is 8.93.